The highest BCUT2D eigenvalue weighted by molar-refractivity contribution is 7.22. The maximum Gasteiger partial charge on any atom is 0.296 e. The van der Waals surface area contributed by atoms with Crippen molar-refractivity contribution in [1.82, 2.24) is 4.98 Å². The molecule has 1 aliphatic heterocycles. The van der Waals surface area contributed by atoms with E-state index in [1.165, 1.54) is 24.3 Å². The molecule has 1 unspecified atom stereocenters. The summed E-state index contributed by atoms with van der Waals surface area (Å²) in [5, 5.41) is 10.9. The van der Waals surface area contributed by atoms with Crippen LogP contribution in [0, 0.1) is 12.7 Å². The minimum atomic E-state index is -1.22. The van der Waals surface area contributed by atoms with Crippen LogP contribution in [0.4, 0.5) is 15.2 Å². The first-order chi connectivity index (χ1) is 15.3. The lowest BCUT2D eigenvalue weighted by molar-refractivity contribution is -0.117. The van der Waals surface area contributed by atoms with Gasteiger partial charge < -0.3 is 15.3 Å². The van der Waals surface area contributed by atoms with Crippen molar-refractivity contribution in [3.63, 3.8) is 0 Å². The molecule has 3 N–H and O–H groups in total. The van der Waals surface area contributed by atoms with Crippen LogP contribution in [0.2, 0.25) is 0 Å². The number of Topliss-reactive ketones (excluding diaryl/α,β-unsaturated/α-hetero) is 1. The van der Waals surface area contributed by atoms with E-state index >= 15 is 0 Å². The number of carbonyl (C=O) groups excluding carboxylic acids is 2. The Morgan fingerprint density at radius 2 is 2.00 bits per heavy atom. The summed E-state index contributed by atoms with van der Waals surface area (Å²) in [4.78, 5) is 32.0. The molecule has 1 amide bonds. The molecule has 0 saturated carbocycles. The molecule has 0 saturated heterocycles. The summed E-state index contributed by atoms with van der Waals surface area (Å²) < 4.78 is 21.0. The van der Waals surface area contributed by atoms with E-state index in [0.717, 1.165) is 16.2 Å². The summed E-state index contributed by atoms with van der Waals surface area (Å²) in [6.07, 6.45) is 0. The largest absolute Gasteiger partial charge is 0.503 e. The van der Waals surface area contributed by atoms with E-state index in [1.54, 1.807) is 37.3 Å². The van der Waals surface area contributed by atoms with Crippen LogP contribution in [0.3, 0.4) is 0 Å². The third kappa shape index (κ3) is 3.05. The van der Waals surface area contributed by atoms with Gasteiger partial charge in [0.2, 0.25) is 5.78 Å². The molecular formula is C23H16FN3O4S. The van der Waals surface area contributed by atoms with Gasteiger partial charge >= 0.3 is 0 Å². The van der Waals surface area contributed by atoms with Gasteiger partial charge in [0.15, 0.2) is 16.7 Å². The standard InChI is InChI=1S/C23H16FN3O4S/c1-11-6-9-16(31-11)20(28)18-19(13-4-2-3-5-14(13)24)27(22(30)21(18)29)23-26-15-8-7-12(25)10-17(15)32-23/h2-10,19,29H,25H2,1H3. The Kier molecular flexibility index (Phi) is 4.56. The number of aryl methyl sites for hydroxylation is 1. The van der Waals surface area contributed by atoms with Crippen molar-refractivity contribution in [1.29, 1.82) is 0 Å². The van der Waals surface area contributed by atoms with Gasteiger partial charge in [0.25, 0.3) is 5.91 Å². The number of thiazole rings is 1. The first kappa shape index (κ1) is 20.0. The second kappa shape index (κ2) is 7.31. The zero-order valence-electron chi connectivity index (χ0n) is 16.7. The number of hydrogen-bond acceptors (Lipinski definition) is 7. The zero-order chi connectivity index (χ0) is 22.6. The number of carbonyl (C=O) groups is 2. The highest BCUT2D eigenvalue weighted by Gasteiger charge is 2.47. The average Bonchev–Trinajstić information content (AvgIpc) is 3.44. The van der Waals surface area contributed by atoms with Crippen molar-refractivity contribution in [2.24, 2.45) is 0 Å². The number of furan rings is 1. The monoisotopic (exact) mass is 449 g/mol. The second-order valence-electron chi connectivity index (χ2n) is 7.32. The number of aliphatic hydroxyl groups excluding tert-OH is 1. The van der Waals surface area contributed by atoms with Crippen LogP contribution in [0.1, 0.15) is 27.9 Å². The number of halogens is 1. The molecule has 0 spiro atoms. The van der Waals surface area contributed by atoms with Gasteiger partial charge in [-0.05, 0) is 43.3 Å². The third-order valence-corrected chi connectivity index (χ3v) is 6.24. The molecule has 160 valence electrons. The fourth-order valence-corrected chi connectivity index (χ4v) is 4.79. The van der Waals surface area contributed by atoms with Gasteiger partial charge in [0.1, 0.15) is 17.6 Å². The average molecular weight is 449 g/mol. The molecule has 9 heteroatoms. The number of nitrogens with zero attached hydrogens (tertiary/aromatic N) is 2. The highest BCUT2D eigenvalue weighted by Crippen LogP contribution is 2.45. The number of rotatable bonds is 4. The predicted molar refractivity (Wildman–Crippen MR) is 118 cm³/mol. The molecule has 0 aliphatic carbocycles. The normalized spacial score (nSPS) is 16.4. The first-order valence-corrected chi connectivity index (χ1v) is 10.4. The van der Waals surface area contributed by atoms with Gasteiger partial charge in [-0.2, -0.15) is 0 Å². The minimum Gasteiger partial charge on any atom is -0.503 e. The van der Waals surface area contributed by atoms with Crippen molar-refractivity contribution < 1.29 is 23.5 Å². The number of nitrogen functional groups attached to an aromatic ring is 1. The highest BCUT2D eigenvalue weighted by atomic mass is 32.1. The molecule has 3 heterocycles. The van der Waals surface area contributed by atoms with E-state index in [-0.39, 0.29) is 22.0 Å². The number of nitrogens with two attached hydrogens (primary N) is 1. The van der Waals surface area contributed by atoms with E-state index in [2.05, 4.69) is 4.98 Å². The lowest BCUT2D eigenvalue weighted by Gasteiger charge is -2.24. The van der Waals surface area contributed by atoms with E-state index in [9.17, 15) is 19.1 Å². The van der Waals surface area contributed by atoms with E-state index in [4.69, 9.17) is 10.2 Å². The molecule has 5 rings (SSSR count). The fourth-order valence-electron chi connectivity index (χ4n) is 3.75. The maximum atomic E-state index is 14.9. The first-order valence-electron chi connectivity index (χ1n) is 9.63. The molecule has 4 aromatic rings. The van der Waals surface area contributed by atoms with Crippen molar-refractivity contribution >= 4 is 44.1 Å². The molecular weight excluding hydrogens is 433 g/mol. The number of anilines is 2. The number of fused-ring (bicyclic) bond motifs is 1. The lowest BCUT2D eigenvalue weighted by atomic mass is 9.95. The summed E-state index contributed by atoms with van der Waals surface area (Å²) in [6.45, 7) is 1.66. The molecule has 7 nitrogen and oxygen atoms in total. The summed E-state index contributed by atoms with van der Waals surface area (Å²) in [5.74, 6) is -2.52. The van der Waals surface area contributed by atoms with E-state index in [1.807, 2.05) is 0 Å². The summed E-state index contributed by atoms with van der Waals surface area (Å²) in [7, 11) is 0. The molecule has 1 aliphatic rings. The number of ketones is 1. The fraction of sp³-hybridized carbons (Fsp3) is 0.0870. The molecule has 2 aromatic heterocycles. The minimum absolute atomic E-state index is 0.0512. The topological polar surface area (TPSA) is 110 Å². The Balaban J connectivity index is 1.70. The lowest BCUT2D eigenvalue weighted by Crippen LogP contribution is -2.31. The van der Waals surface area contributed by atoms with Gasteiger partial charge in [-0.15, -0.1) is 0 Å². The Bertz CT molecular complexity index is 1440. The zero-order valence-corrected chi connectivity index (χ0v) is 17.5. The second-order valence-corrected chi connectivity index (χ2v) is 8.33. The SMILES string of the molecule is Cc1ccc(C(=O)C2=C(O)C(=O)N(c3nc4ccc(N)cc4s3)C2c2ccccc2F)o1. The van der Waals surface area contributed by atoms with Crippen molar-refractivity contribution in [3.8, 4) is 0 Å². The molecule has 0 bridgehead atoms. The van der Waals surface area contributed by atoms with Crippen LogP contribution in [0.25, 0.3) is 10.2 Å². The Hall–Kier alpha value is -3.98. The predicted octanol–water partition coefficient (Wildman–Crippen LogP) is 4.70. The summed E-state index contributed by atoms with van der Waals surface area (Å²) in [5.41, 5.74) is 6.74. The number of benzene rings is 2. The number of amides is 1. The number of hydrogen-bond donors (Lipinski definition) is 2. The summed E-state index contributed by atoms with van der Waals surface area (Å²) in [6, 6.07) is 12.7. The molecule has 1 atom stereocenters. The number of aromatic nitrogens is 1. The van der Waals surface area contributed by atoms with Crippen LogP contribution in [0.15, 0.2) is 70.3 Å². The smallest absolute Gasteiger partial charge is 0.296 e. The van der Waals surface area contributed by atoms with Gasteiger partial charge in [-0.25, -0.2) is 9.37 Å². The van der Waals surface area contributed by atoms with E-state index < -0.39 is 29.3 Å². The quantitative estimate of drug-likeness (QED) is 0.345. The van der Waals surface area contributed by atoms with Crippen LogP contribution in [-0.2, 0) is 4.79 Å². The van der Waals surface area contributed by atoms with Crippen LogP contribution in [-0.4, -0.2) is 21.8 Å². The van der Waals surface area contributed by atoms with E-state index in [0.29, 0.717) is 21.7 Å². The third-order valence-electron chi connectivity index (χ3n) is 5.22. The van der Waals surface area contributed by atoms with Gasteiger partial charge in [0, 0.05) is 11.3 Å². The Labute approximate surface area is 185 Å². The molecule has 32 heavy (non-hydrogen) atoms. The van der Waals surface area contributed by atoms with Crippen LogP contribution >= 0.6 is 11.3 Å². The van der Waals surface area contributed by atoms with Crippen molar-refractivity contribution in [2.75, 3.05) is 10.6 Å². The van der Waals surface area contributed by atoms with Crippen LogP contribution < -0.4 is 10.6 Å². The Morgan fingerprint density at radius 3 is 2.72 bits per heavy atom. The van der Waals surface area contributed by atoms with Crippen molar-refractivity contribution in [3.05, 3.63) is 88.8 Å². The molecule has 0 radical (unpaired) electrons. The van der Waals surface area contributed by atoms with Crippen LogP contribution in [0.5, 0.6) is 0 Å². The van der Waals surface area contributed by atoms with Crippen molar-refractivity contribution in [2.45, 2.75) is 13.0 Å². The molecule has 0 fully saturated rings. The molecule has 2 aromatic carbocycles. The maximum absolute atomic E-state index is 14.9. The summed E-state index contributed by atoms with van der Waals surface area (Å²) >= 11 is 1.15. The van der Waals surface area contributed by atoms with Gasteiger partial charge in [-0.3, -0.25) is 14.5 Å². The Morgan fingerprint density at radius 1 is 1.22 bits per heavy atom. The number of aliphatic hydroxyl groups is 1. The van der Waals surface area contributed by atoms with Gasteiger partial charge in [-0.1, -0.05) is 29.5 Å². The van der Waals surface area contributed by atoms with Gasteiger partial charge in [0.05, 0.1) is 15.8 Å².